The molecule has 2 aromatic carbocycles. The van der Waals surface area contributed by atoms with Crippen LogP contribution in [-0.4, -0.2) is 50.8 Å². The Labute approximate surface area is 196 Å². The molecule has 0 saturated carbocycles. The molecule has 0 aliphatic carbocycles. The van der Waals surface area contributed by atoms with Crippen molar-refractivity contribution in [2.45, 2.75) is 11.4 Å². The first-order chi connectivity index (χ1) is 15.9. The van der Waals surface area contributed by atoms with Crippen LogP contribution in [0.1, 0.15) is 25.6 Å². The SMILES string of the molecule is O=C(NCc1ccccc1S(=O)(=O)N1CCOCC1)c1ccc(NC(=O)c2cccs2)cc1. The standard InChI is InChI=1S/C23H23N3O5S2/c27-22(17-7-9-19(10-8-17)25-23(28)20-5-3-15-32-20)24-16-18-4-1-2-6-21(18)33(29,30)26-11-13-31-14-12-26/h1-10,15H,11-14,16H2,(H,24,27)(H,25,28). The van der Waals surface area contributed by atoms with Crippen LogP contribution < -0.4 is 10.6 Å². The third-order valence-electron chi connectivity index (χ3n) is 5.15. The first-order valence-electron chi connectivity index (χ1n) is 10.3. The minimum atomic E-state index is -3.68. The van der Waals surface area contributed by atoms with Gasteiger partial charge in [0, 0.05) is 30.9 Å². The van der Waals surface area contributed by atoms with Crippen molar-refractivity contribution in [2.75, 3.05) is 31.6 Å². The molecule has 0 spiro atoms. The molecule has 2 amide bonds. The van der Waals surface area contributed by atoms with Crippen molar-refractivity contribution in [3.05, 3.63) is 82.0 Å². The molecular weight excluding hydrogens is 462 g/mol. The van der Waals surface area contributed by atoms with Gasteiger partial charge in [0.1, 0.15) is 0 Å². The van der Waals surface area contributed by atoms with Crippen LogP contribution >= 0.6 is 11.3 Å². The summed E-state index contributed by atoms with van der Waals surface area (Å²) in [6.45, 7) is 1.40. The van der Waals surface area contributed by atoms with Gasteiger partial charge in [-0.2, -0.15) is 4.31 Å². The van der Waals surface area contributed by atoms with Gasteiger partial charge in [0.15, 0.2) is 0 Å². The van der Waals surface area contributed by atoms with E-state index in [0.717, 1.165) is 0 Å². The van der Waals surface area contributed by atoms with E-state index in [1.165, 1.54) is 15.6 Å². The Morgan fingerprint density at radius 1 is 0.939 bits per heavy atom. The normalized spacial score (nSPS) is 14.5. The van der Waals surface area contributed by atoms with Crippen LogP contribution in [0.3, 0.4) is 0 Å². The maximum absolute atomic E-state index is 13.1. The topological polar surface area (TPSA) is 105 Å². The van der Waals surface area contributed by atoms with Crippen molar-refractivity contribution in [2.24, 2.45) is 0 Å². The first-order valence-corrected chi connectivity index (χ1v) is 12.7. The van der Waals surface area contributed by atoms with Crippen LogP contribution in [0.2, 0.25) is 0 Å². The third-order valence-corrected chi connectivity index (χ3v) is 8.02. The Morgan fingerprint density at radius 3 is 2.36 bits per heavy atom. The van der Waals surface area contributed by atoms with Crippen LogP contribution in [0.5, 0.6) is 0 Å². The Hall–Kier alpha value is -3.05. The molecule has 2 N–H and O–H groups in total. The van der Waals surface area contributed by atoms with E-state index in [-0.39, 0.29) is 23.3 Å². The van der Waals surface area contributed by atoms with E-state index in [9.17, 15) is 18.0 Å². The van der Waals surface area contributed by atoms with Gasteiger partial charge in [-0.1, -0.05) is 24.3 Å². The van der Waals surface area contributed by atoms with Gasteiger partial charge in [-0.15, -0.1) is 11.3 Å². The molecule has 0 atom stereocenters. The number of nitrogens with one attached hydrogen (secondary N) is 2. The van der Waals surface area contributed by atoms with E-state index in [1.54, 1.807) is 60.7 Å². The summed E-state index contributed by atoms with van der Waals surface area (Å²) in [5.41, 5.74) is 1.49. The van der Waals surface area contributed by atoms with Crippen LogP contribution in [0.25, 0.3) is 0 Å². The smallest absolute Gasteiger partial charge is 0.265 e. The van der Waals surface area contributed by atoms with E-state index in [4.69, 9.17) is 4.74 Å². The number of rotatable bonds is 7. The van der Waals surface area contributed by atoms with Crippen LogP contribution in [0.15, 0.2) is 70.9 Å². The van der Waals surface area contributed by atoms with Crippen LogP contribution in [-0.2, 0) is 21.3 Å². The number of morpholine rings is 1. The number of carbonyl (C=O) groups is 2. The zero-order valence-corrected chi connectivity index (χ0v) is 19.3. The zero-order chi connectivity index (χ0) is 23.3. The molecule has 2 heterocycles. The molecule has 172 valence electrons. The molecule has 10 heteroatoms. The highest BCUT2D eigenvalue weighted by Crippen LogP contribution is 2.21. The summed E-state index contributed by atoms with van der Waals surface area (Å²) in [7, 11) is -3.68. The minimum absolute atomic E-state index is 0.0649. The van der Waals surface area contributed by atoms with Crippen LogP contribution in [0, 0.1) is 0 Å². The number of sulfonamides is 1. The van der Waals surface area contributed by atoms with Gasteiger partial charge >= 0.3 is 0 Å². The fraction of sp³-hybridized carbons (Fsp3) is 0.217. The summed E-state index contributed by atoms with van der Waals surface area (Å²) in [5.74, 6) is -0.551. The fourth-order valence-corrected chi connectivity index (χ4v) is 5.66. The highest BCUT2D eigenvalue weighted by molar-refractivity contribution is 7.89. The highest BCUT2D eigenvalue weighted by Gasteiger charge is 2.28. The van der Waals surface area contributed by atoms with E-state index < -0.39 is 10.0 Å². The lowest BCUT2D eigenvalue weighted by Gasteiger charge is -2.27. The monoisotopic (exact) mass is 485 g/mol. The quantitative estimate of drug-likeness (QED) is 0.535. The lowest BCUT2D eigenvalue weighted by molar-refractivity contribution is 0.0730. The number of hydrogen-bond acceptors (Lipinski definition) is 6. The van der Waals surface area contributed by atoms with Crippen molar-refractivity contribution in [3.8, 4) is 0 Å². The van der Waals surface area contributed by atoms with Crippen LogP contribution in [0.4, 0.5) is 5.69 Å². The number of thiophene rings is 1. The van der Waals surface area contributed by atoms with Crippen molar-refractivity contribution < 1.29 is 22.7 Å². The second-order valence-electron chi connectivity index (χ2n) is 7.32. The average molecular weight is 486 g/mol. The van der Waals surface area contributed by atoms with Gasteiger partial charge in [0.25, 0.3) is 11.8 Å². The number of anilines is 1. The molecule has 1 aliphatic rings. The molecular formula is C23H23N3O5S2. The van der Waals surface area contributed by atoms with E-state index >= 15 is 0 Å². The fourth-order valence-electron chi connectivity index (χ4n) is 3.41. The first kappa shape index (κ1) is 23.1. The number of amides is 2. The molecule has 33 heavy (non-hydrogen) atoms. The molecule has 1 aromatic heterocycles. The summed E-state index contributed by atoms with van der Waals surface area (Å²) in [5, 5.41) is 7.39. The van der Waals surface area contributed by atoms with Crippen molar-refractivity contribution >= 4 is 38.9 Å². The van der Waals surface area contributed by atoms with Crippen molar-refractivity contribution in [1.82, 2.24) is 9.62 Å². The van der Waals surface area contributed by atoms with Crippen molar-refractivity contribution in [3.63, 3.8) is 0 Å². The highest BCUT2D eigenvalue weighted by atomic mass is 32.2. The molecule has 3 aromatic rings. The second kappa shape index (κ2) is 10.3. The summed E-state index contributed by atoms with van der Waals surface area (Å²) >= 11 is 1.35. The summed E-state index contributed by atoms with van der Waals surface area (Å²) in [4.78, 5) is 25.5. The minimum Gasteiger partial charge on any atom is -0.379 e. The Kier molecular flexibility index (Phi) is 7.19. The van der Waals surface area contributed by atoms with Gasteiger partial charge in [0.2, 0.25) is 10.0 Å². The zero-order valence-electron chi connectivity index (χ0n) is 17.7. The summed E-state index contributed by atoms with van der Waals surface area (Å²) < 4.78 is 32.8. The van der Waals surface area contributed by atoms with Gasteiger partial charge < -0.3 is 15.4 Å². The van der Waals surface area contributed by atoms with E-state index in [2.05, 4.69) is 10.6 Å². The summed E-state index contributed by atoms with van der Waals surface area (Å²) in [6, 6.07) is 16.7. The number of nitrogens with zero attached hydrogens (tertiary/aromatic N) is 1. The lowest BCUT2D eigenvalue weighted by atomic mass is 10.1. The van der Waals surface area contributed by atoms with Gasteiger partial charge in [-0.3, -0.25) is 9.59 Å². The second-order valence-corrected chi connectivity index (χ2v) is 10.2. The lowest BCUT2D eigenvalue weighted by Crippen LogP contribution is -2.41. The number of hydrogen-bond donors (Lipinski definition) is 2. The number of ether oxygens (including phenoxy) is 1. The Bertz CT molecular complexity index is 1220. The van der Waals surface area contributed by atoms with Gasteiger partial charge in [0.05, 0.1) is 23.0 Å². The molecule has 0 unspecified atom stereocenters. The number of carbonyl (C=O) groups excluding carboxylic acids is 2. The third kappa shape index (κ3) is 5.48. The average Bonchev–Trinajstić information content (AvgIpc) is 3.39. The maximum Gasteiger partial charge on any atom is 0.265 e. The molecule has 4 rings (SSSR count). The predicted octanol–water partition coefficient (Wildman–Crippen LogP) is 2.95. The molecule has 1 saturated heterocycles. The predicted molar refractivity (Wildman–Crippen MR) is 126 cm³/mol. The summed E-state index contributed by atoms with van der Waals surface area (Å²) in [6.07, 6.45) is 0. The van der Waals surface area contributed by atoms with Gasteiger partial charge in [-0.05, 0) is 47.3 Å². The number of benzene rings is 2. The Balaban J connectivity index is 1.40. The molecule has 0 radical (unpaired) electrons. The largest absolute Gasteiger partial charge is 0.379 e. The maximum atomic E-state index is 13.1. The molecule has 8 nitrogen and oxygen atoms in total. The van der Waals surface area contributed by atoms with Crippen molar-refractivity contribution in [1.29, 1.82) is 0 Å². The molecule has 0 bridgehead atoms. The van der Waals surface area contributed by atoms with Gasteiger partial charge in [-0.25, -0.2) is 8.42 Å². The molecule has 1 aliphatic heterocycles. The molecule has 1 fully saturated rings. The Morgan fingerprint density at radius 2 is 1.67 bits per heavy atom. The van der Waals surface area contributed by atoms with E-state index in [1.807, 2.05) is 5.38 Å². The van der Waals surface area contributed by atoms with E-state index in [0.29, 0.717) is 48.0 Å².